The number of aromatic nitrogens is 4. The van der Waals surface area contributed by atoms with E-state index in [9.17, 15) is 5.11 Å². The molecule has 2 rings (SSSR count). The fraction of sp³-hybridized carbons (Fsp3) is 0.375. The van der Waals surface area contributed by atoms with Gasteiger partial charge in [-0.2, -0.15) is 0 Å². The van der Waals surface area contributed by atoms with E-state index >= 15 is 0 Å². The van der Waals surface area contributed by atoms with Gasteiger partial charge in [-0.1, -0.05) is 0 Å². The van der Waals surface area contributed by atoms with E-state index in [0.29, 0.717) is 11.2 Å². The lowest BCUT2D eigenvalue weighted by atomic mass is 10.3. The molecule has 2 heterocycles. The summed E-state index contributed by atoms with van der Waals surface area (Å²) < 4.78 is 1.59. The van der Waals surface area contributed by atoms with E-state index in [4.69, 9.17) is 10.5 Å². The topological polar surface area (TPSA) is 111 Å². The van der Waals surface area contributed by atoms with Gasteiger partial charge in [0.25, 0.3) is 0 Å². The molecule has 0 saturated heterocycles. The summed E-state index contributed by atoms with van der Waals surface area (Å²) in [5.74, 6) is 0. The van der Waals surface area contributed by atoms with Crippen LogP contribution in [0, 0.1) is 5.41 Å². The highest BCUT2D eigenvalue weighted by Crippen LogP contribution is 2.03. The molecule has 2 aromatic rings. The second-order valence-corrected chi connectivity index (χ2v) is 3.18. The molecule has 0 aliphatic rings. The Hall–Kier alpha value is -1.73. The Morgan fingerprint density at radius 1 is 1.53 bits per heavy atom. The minimum absolute atomic E-state index is 0.109. The normalized spacial score (nSPS) is 13.2. The van der Waals surface area contributed by atoms with E-state index in [1.54, 1.807) is 4.57 Å². The zero-order valence-electron chi connectivity index (χ0n) is 7.88. The number of hydrogen-bond donors (Lipinski definition) is 4. The predicted molar refractivity (Wildman–Crippen MR) is 50.8 cm³/mol. The summed E-state index contributed by atoms with van der Waals surface area (Å²) in [4.78, 5) is 10.6. The number of aliphatic hydroxyl groups is 2. The molecule has 0 radical (unpaired) electrons. The zero-order valence-corrected chi connectivity index (χ0v) is 7.88. The molecule has 2 aromatic heterocycles. The fourth-order valence-electron chi connectivity index (χ4n) is 1.34. The lowest BCUT2D eigenvalue weighted by Gasteiger charge is -2.10. The molecule has 0 amide bonds. The number of rotatable bonds is 3. The van der Waals surface area contributed by atoms with Crippen LogP contribution in [0.25, 0.3) is 11.2 Å². The Morgan fingerprint density at radius 2 is 2.33 bits per heavy atom. The van der Waals surface area contributed by atoms with Gasteiger partial charge < -0.3 is 19.8 Å². The van der Waals surface area contributed by atoms with E-state index < -0.39 is 6.10 Å². The average Bonchev–Trinajstić information content (AvgIpc) is 2.71. The molecule has 0 aliphatic carbocycles. The van der Waals surface area contributed by atoms with Crippen molar-refractivity contribution in [3.8, 4) is 0 Å². The number of H-pyrrole nitrogens is 1. The molecule has 0 aromatic carbocycles. The van der Waals surface area contributed by atoms with Crippen molar-refractivity contribution in [2.75, 3.05) is 6.61 Å². The Bertz CT molecular complexity index is 517. The highest BCUT2D eigenvalue weighted by Gasteiger charge is 2.08. The Morgan fingerprint density at radius 3 is 3.07 bits per heavy atom. The second-order valence-electron chi connectivity index (χ2n) is 3.18. The second kappa shape index (κ2) is 3.79. The van der Waals surface area contributed by atoms with Crippen molar-refractivity contribution in [2.45, 2.75) is 12.6 Å². The summed E-state index contributed by atoms with van der Waals surface area (Å²) in [5, 5.41) is 25.5. The van der Waals surface area contributed by atoms with E-state index in [-0.39, 0.29) is 18.6 Å². The first-order valence-electron chi connectivity index (χ1n) is 4.44. The molecule has 4 N–H and O–H groups in total. The first kappa shape index (κ1) is 9.81. The molecule has 0 spiro atoms. The summed E-state index contributed by atoms with van der Waals surface area (Å²) in [6.45, 7) is -0.118. The minimum Gasteiger partial charge on any atom is -0.394 e. The van der Waals surface area contributed by atoms with Crippen LogP contribution in [0.4, 0.5) is 0 Å². The van der Waals surface area contributed by atoms with Crippen LogP contribution in [-0.4, -0.2) is 42.4 Å². The maximum absolute atomic E-state index is 9.29. The van der Waals surface area contributed by atoms with Crippen molar-refractivity contribution >= 4 is 11.2 Å². The van der Waals surface area contributed by atoms with Crippen molar-refractivity contribution < 1.29 is 10.2 Å². The van der Waals surface area contributed by atoms with E-state index in [1.807, 2.05) is 0 Å². The molecule has 7 heteroatoms. The monoisotopic (exact) mass is 209 g/mol. The third-order valence-electron chi connectivity index (χ3n) is 2.07. The Balaban J connectivity index is 2.48. The quantitative estimate of drug-likeness (QED) is 0.497. The third kappa shape index (κ3) is 1.74. The van der Waals surface area contributed by atoms with Crippen molar-refractivity contribution in [3.05, 3.63) is 18.1 Å². The van der Waals surface area contributed by atoms with Gasteiger partial charge in [0, 0.05) is 0 Å². The number of nitrogens with one attached hydrogen (secondary N) is 2. The van der Waals surface area contributed by atoms with Gasteiger partial charge in [-0.15, -0.1) is 0 Å². The number of nitrogens with zero attached hydrogens (tertiary/aromatic N) is 3. The molecule has 80 valence electrons. The van der Waals surface area contributed by atoms with Crippen molar-refractivity contribution in [2.24, 2.45) is 0 Å². The number of aromatic amines is 1. The van der Waals surface area contributed by atoms with Crippen LogP contribution in [0.15, 0.2) is 12.7 Å². The summed E-state index contributed by atoms with van der Waals surface area (Å²) in [6.07, 6.45) is 2.03. The third-order valence-corrected chi connectivity index (χ3v) is 2.07. The lowest BCUT2D eigenvalue weighted by Crippen LogP contribution is -2.22. The molecular weight excluding hydrogens is 198 g/mol. The summed E-state index contributed by atoms with van der Waals surface area (Å²) in [7, 11) is 0. The van der Waals surface area contributed by atoms with Gasteiger partial charge in [0.15, 0.2) is 11.1 Å². The average molecular weight is 209 g/mol. The van der Waals surface area contributed by atoms with Gasteiger partial charge in [0.2, 0.25) is 0 Å². The maximum Gasteiger partial charge on any atom is 0.173 e. The summed E-state index contributed by atoms with van der Waals surface area (Å²) in [5.41, 5.74) is 1.17. The maximum atomic E-state index is 9.29. The molecule has 0 fully saturated rings. The molecule has 1 atom stereocenters. The number of hydrogen-bond acceptors (Lipinski definition) is 5. The van der Waals surface area contributed by atoms with Gasteiger partial charge in [-0.3, -0.25) is 5.41 Å². The first-order valence-corrected chi connectivity index (χ1v) is 4.44. The van der Waals surface area contributed by atoms with Gasteiger partial charge >= 0.3 is 0 Å². The summed E-state index contributed by atoms with van der Waals surface area (Å²) in [6, 6.07) is 0. The highest BCUT2D eigenvalue weighted by atomic mass is 16.3. The standard InChI is InChI=1S/C8H11N5O2/c9-7-6-8(11-3-10-6)13(4-12-7)1-5(15)2-14/h3-5,9,14-15H,1-2H2,(H,10,11)/t5-/m0/s1. The molecular formula is C8H11N5O2. The van der Waals surface area contributed by atoms with Crippen molar-refractivity contribution in [3.63, 3.8) is 0 Å². The molecule has 7 nitrogen and oxygen atoms in total. The molecule has 0 saturated carbocycles. The van der Waals surface area contributed by atoms with Gasteiger partial charge in [-0.25, -0.2) is 9.97 Å². The number of imidazole rings is 1. The number of aliphatic hydroxyl groups excluding tert-OH is 2. The zero-order chi connectivity index (χ0) is 10.8. The predicted octanol–water partition coefficient (Wildman–Crippen LogP) is -1.41. The van der Waals surface area contributed by atoms with Crippen LogP contribution >= 0.6 is 0 Å². The smallest absolute Gasteiger partial charge is 0.173 e. The Labute approximate surface area is 84.6 Å². The molecule has 0 unspecified atom stereocenters. The van der Waals surface area contributed by atoms with E-state index in [0.717, 1.165) is 0 Å². The minimum atomic E-state index is -0.853. The number of fused-ring (bicyclic) bond motifs is 1. The van der Waals surface area contributed by atoms with Crippen LogP contribution in [0.5, 0.6) is 0 Å². The van der Waals surface area contributed by atoms with E-state index in [2.05, 4.69) is 15.0 Å². The van der Waals surface area contributed by atoms with Crippen LogP contribution in [0.2, 0.25) is 0 Å². The van der Waals surface area contributed by atoms with Crippen LogP contribution in [0.3, 0.4) is 0 Å². The fourth-order valence-corrected chi connectivity index (χ4v) is 1.34. The van der Waals surface area contributed by atoms with Crippen molar-refractivity contribution in [1.82, 2.24) is 19.5 Å². The van der Waals surface area contributed by atoms with Crippen molar-refractivity contribution in [1.29, 1.82) is 5.41 Å². The molecule has 15 heavy (non-hydrogen) atoms. The Kier molecular flexibility index (Phi) is 2.48. The van der Waals surface area contributed by atoms with E-state index in [1.165, 1.54) is 12.7 Å². The summed E-state index contributed by atoms with van der Waals surface area (Å²) >= 11 is 0. The lowest BCUT2D eigenvalue weighted by molar-refractivity contribution is 0.0817. The van der Waals surface area contributed by atoms with Gasteiger partial charge in [0.1, 0.15) is 5.52 Å². The van der Waals surface area contributed by atoms with Crippen LogP contribution in [-0.2, 0) is 6.54 Å². The highest BCUT2D eigenvalue weighted by molar-refractivity contribution is 5.68. The SMILES string of the molecule is N=c1ncn(C[C@H](O)CO)c2nc[nH]c12. The van der Waals surface area contributed by atoms with Crippen LogP contribution in [0.1, 0.15) is 0 Å². The molecule has 0 aliphatic heterocycles. The molecule has 0 bridgehead atoms. The first-order chi connectivity index (χ1) is 7.22. The van der Waals surface area contributed by atoms with Crippen LogP contribution < -0.4 is 5.49 Å². The van der Waals surface area contributed by atoms with Gasteiger partial charge in [-0.05, 0) is 0 Å². The van der Waals surface area contributed by atoms with Gasteiger partial charge in [0.05, 0.1) is 31.9 Å². The largest absolute Gasteiger partial charge is 0.394 e.